The van der Waals surface area contributed by atoms with Gasteiger partial charge >= 0.3 is 0 Å². The minimum atomic E-state index is -0.356. The Morgan fingerprint density at radius 3 is 2.39 bits per heavy atom. The highest BCUT2D eigenvalue weighted by Crippen LogP contribution is 2.30. The number of aryl methyl sites for hydroxylation is 1. The van der Waals surface area contributed by atoms with Gasteiger partial charge < -0.3 is 14.8 Å². The number of halogens is 1. The van der Waals surface area contributed by atoms with Crippen LogP contribution >= 0.6 is 11.6 Å². The maximum absolute atomic E-state index is 12.9. The van der Waals surface area contributed by atoms with E-state index in [9.17, 15) is 4.79 Å². The SMILES string of the molecule is CCCCc1ccc(-n2nc3cc(Cl)c(NC(=O)c4ccc(OC)cc4OC)cc3n2)cc1. The fourth-order valence-corrected chi connectivity index (χ4v) is 3.71. The van der Waals surface area contributed by atoms with Crippen molar-refractivity contribution < 1.29 is 14.3 Å². The fraction of sp³-hybridized carbons (Fsp3) is 0.240. The van der Waals surface area contributed by atoms with Crippen LogP contribution in [-0.4, -0.2) is 35.1 Å². The number of methoxy groups -OCH3 is 2. The predicted octanol–water partition coefficient (Wildman–Crippen LogP) is 5.69. The molecule has 3 aromatic carbocycles. The van der Waals surface area contributed by atoms with Gasteiger partial charge in [-0.2, -0.15) is 4.80 Å². The zero-order chi connectivity index (χ0) is 23.4. The molecule has 1 N–H and O–H groups in total. The van der Waals surface area contributed by atoms with Gasteiger partial charge in [-0.05, 0) is 54.8 Å². The smallest absolute Gasteiger partial charge is 0.259 e. The van der Waals surface area contributed by atoms with Gasteiger partial charge in [0, 0.05) is 6.07 Å². The zero-order valence-electron chi connectivity index (χ0n) is 18.8. The van der Waals surface area contributed by atoms with Crippen molar-refractivity contribution in [2.24, 2.45) is 0 Å². The van der Waals surface area contributed by atoms with Gasteiger partial charge in [-0.1, -0.05) is 37.1 Å². The van der Waals surface area contributed by atoms with Crippen LogP contribution < -0.4 is 14.8 Å². The molecule has 0 fully saturated rings. The van der Waals surface area contributed by atoms with Gasteiger partial charge in [-0.3, -0.25) is 4.79 Å². The van der Waals surface area contributed by atoms with E-state index in [1.165, 1.54) is 25.5 Å². The number of hydrogen-bond donors (Lipinski definition) is 1. The summed E-state index contributed by atoms with van der Waals surface area (Å²) in [6, 6.07) is 16.6. The molecule has 0 saturated heterocycles. The van der Waals surface area contributed by atoms with Crippen LogP contribution in [0.3, 0.4) is 0 Å². The largest absolute Gasteiger partial charge is 0.497 e. The van der Waals surface area contributed by atoms with Gasteiger partial charge in [0.25, 0.3) is 5.91 Å². The number of anilines is 1. The van der Waals surface area contributed by atoms with E-state index in [1.54, 1.807) is 42.2 Å². The van der Waals surface area contributed by atoms with Crippen molar-refractivity contribution in [2.75, 3.05) is 19.5 Å². The van der Waals surface area contributed by atoms with Gasteiger partial charge in [0.05, 0.1) is 36.2 Å². The van der Waals surface area contributed by atoms with E-state index in [-0.39, 0.29) is 5.91 Å². The first kappa shape index (κ1) is 22.6. The average molecular weight is 465 g/mol. The molecule has 0 saturated carbocycles. The minimum Gasteiger partial charge on any atom is -0.497 e. The fourth-order valence-electron chi connectivity index (χ4n) is 3.50. The summed E-state index contributed by atoms with van der Waals surface area (Å²) in [4.78, 5) is 14.5. The monoisotopic (exact) mass is 464 g/mol. The molecule has 0 aliphatic heterocycles. The van der Waals surface area contributed by atoms with Crippen LogP contribution in [0.4, 0.5) is 5.69 Å². The second kappa shape index (κ2) is 9.92. The number of carbonyl (C=O) groups is 1. The summed E-state index contributed by atoms with van der Waals surface area (Å²) in [5.74, 6) is 0.640. The summed E-state index contributed by atoms with van der Waals surface area (Å²) in [6.07, 6.45) is 3.39. The number of amides is 1. The molecule has 0 aliphatic carbocycles. The Morgan fingerprint density at radius 2 is 1.73 bits per heavy atom. The van der Waals surface area contributed by atoms with Gasteiger partial charge in [0.15, 0.2) is 0 Å². The minimum absolute atomic E-state index is 0.356. The van der Waals surface area contributed by atoms with Crippen molar-refractivity contribution in [3.63, 3.8) is 0 Å². The highest BCUT2D eigenvalue weighted by atomic mass is 35.5. The molecule has 1 amide bonds. The lowest BCUT2D eigenvalue weighted by atomic mass is 10.1. The van der Waals surface area contributed by atoms with E-state index >= 15 is 0 Å². The Kier molecular flexibility index (Phi) is 6.79. The first-order valence-electron chi connectivity index (χ1n) is 10.7. The molecule has 4 aromatic rings. The Hall–Kier alpha value is -3.58. The third-order valence-corrected chi connectivity index (χ3v) is 5.67. The number of carbonyl (C=O) groups excluding carboxylic acids is 1. The van der Waals surface area contributed by atoms with Crippen molar-refractivity contribution in [3.05, 3.63) is 70.7 Å². The molecular weight excluding hydrogens is 440 g/mol. The molecular formula is C25H25ClN4O3. The second-order valence-electron chi connectivity index (χ2n) is 7.60. The van der Waals surface area contributed by atoms with E-state index in [0.29, 0.717) is 38.8 Å². The Morgan fingerprint density at radius 1 is 1.00 bits per heavy atom. The van der Waals surface area contributed by atoms with Crippen LogP contribution in [0, 0.1) is 0 Å². The number of benzene rings is 3. The number of nitrogens with one attached hydrogen (secondary N) is 1. The number of ether oxygens (including phenoxy) is 2. The molecule has 0 unspecified atom stereocenters. The summed E-state index contributed by atoms with van der Waals surface area (Å²) in [5, 5.41) is 12.3. The maximum atomic E-state index is 12.9. The van der Waals surface area contributed by atoms with Crippen molar-refractivity contribution in [2.45, 2.75) is 26.2 Å². The molecule has 0 aliphatic rings. The van der Waals surface area contributed by atoms with E-state index in [1.807, 2.05) is 12.1 Å². The van der Waals surface area contributed by atoms with Gasteiger partial charge in [0.2, 0.25) is 0 Å². The Bertz CT molecular complexity index is 1290. The number of fused-ring (bicyclic) bond motifs is 1. The highest BCUT2D eigenvalue weighted by Gasteiger charge is 2.16. The van der Waals surface area contributed by atoms with Gasteiger partial charge in [-0.15, -0.1) is 10.2 Å². The lowest BCUT2D eigenvalue weighted by molar-refractivity contribution is 0.102. The van der Waals surface area contributed by atoms with E-state index in [2.05, 4.69) is 34.6 Å². The maximum Gasteiger partial charge on any atom is 0.259 e. The summed E-state index contributed by atoms with van der Waals surface area (Å²) in [6.45, 7) is 2.18. The quantitative estimate of drug-likeness (QED) is 0.362. The Balaban J connectivity index is 1.59. The molecule has 0 bridgehead atoms. The first-order chi connectivity index (χ1) is 16.0. The van der Waals surface area contributed by atoms with Crippen LogP contribution in [-0.2, 0) is 6.42 Å². The summed E-state index contributed by atoms with van der Waals surface area (Å²) < 4.78 is 10.5. The van der Waals surface area contributed by atoms with Gasteiger partial charge in [0.1, 0.15) is 22.5 Å². The molecule has 4 rings (SSSR count). The number of unbranched alkanes of at least 4 members (excludes halogenated alkanes) is 1. The molecule has 33 heavy (non-hydrogen) atoms. The molecule has 7 nitrogen and oxygen atoms in total. The summed E-state index contributed by atoms with van der Waals surface area (Å²) in [7, 11) is 3.05. The molecule has 0 atom stereocenters. The molecule has 8 heteroatoms. The molecule has 1 aromatic heterocycles. The third kappa shape index (κ3) is 4.93. The number of nitrogens with zero attached hydrogens (tertiary/aromatic N) is 3. The summed E-state index contributed by atoms with van der Waals surface area (Å²) >= 11 is 6.44. The number of rotatable bonds is 8. The number of aromatic nitrogens is 3. The standard InChI is InChI=1S/C25H25ClN4O3/c1-4-5-6-16-7-9-17(10-8-16)30-28-22-14-20(26)21(15-23(22)29-30)27-25(31)19-12-11-18(32-2)13-24(19)33-3/h7-15H,4-6H2,1-3H3,(H,27,31). The zero-order valence-corrected chi connectivity index (χ0v) is 19.5. The lowest BCUT2D eigenvalue weighted by Gasteiger charge is -2.11. The van der Waals surface area contributed by atoms with Crippen molar-refractivity contribution in [3.8, 4) is 17.2 Å². The van der Waals surface area contributed by atoms with Crippen molar-refractivity contribution >= 4 is 34.2 Å². The van der Waals surface area contributed by atoms with E-state index in [0.717, 1.165) is 12.1 Å². The Labute approximate surface area is 197 Å². The van der Waals surface area contributed by atoms with Crippen LogP contribution in [0.2, 0.25) is 5.02 Å². The topological polar surface area (TPSA) is 78.3 Å². The van der Waals surface area contributed by atoms with E-state index < -0.39 is 0 Å². The number of hydrogen-bond acceptors (Lipinski definition) is 5. The highest BCUT2D eigenvalue weighted by molar-refractivity contribution is 6.34. The first-order valence-corrected chi connectivity index (χ1v) is 11.1. The molecule has 1 heterocycles. The van der Waals surface area contributed by atoms with E-state index in [4.69, 9.17) is 21.1 Å². The second-order valence-corrected chi connectivity index (χ2v) is 8.01. The lowest BCUT2D eigenvalue weighted by Crippen LogP contribution is -2.13. The normalized spacial score (nSPS) is 10.9. The third-order valence-electron chi connectivity index (χ3n) is 5.36. The molecule has 0 radical (unpaired) electrons. The molecule has 170 valence electrons. The van der Waals surface area contributed by atoms with Crippen molar-refractivity contribution in [1.82, 2.24) is 15.0 Å². The van der Waals surface area contributed by atoms with Crippen LogP contribution in [0.1, 0.15) is 35.7 Å². The van der Waals surface area contributed by atoms with Gasteiger partial charge in [-0.25, -0.2) is 0 Å². The summed E-state index contributed by atoms with van der Waals surface area (Å²) in [5.41, 5.74) is 4.20. The van der Waals surface area contributed by atoms with Crippen LogP contribution in [0.5, 0.6) is 11.5 Å². The van der Waals surface area contributed by atoms with Crippen molar-refractivity contribution in [1.29, 1.82) is 0 Å². The average Bonchev–Trinajstić information content (AvgIpc) is 3.25. The van der Waals surface area contributed by atoms with Crippen LogP contribution in [0.15, 0.2) is 54.6 Å². The van der Waals surface area contributed by atoms with Crippen LogP contribution in [0.25, 0.3) is 16.7 Å². The molecule has 0 spiro atoms. The predicted molar refractivity (Wildman–Crippen MR) is 130 cm³/mol.